The molecule has 2 atom stereocenters. The average Bonchev–Trinajstić information content (AvgIpc) is 3.22. The Morgan fingerprint density at radius 3 is 2.68 bits per heavy atom. The highest BCUT2D eigenvalue weighted by atomic mass is 16.2. The van der Waals surface area contributed by atoms with Crippen molar-refractivity contribution < 1.29 is 4.79 Å². The highest BCUT2D eigenvalue weighted by molar-refractivity contribution is 5.96. The second-order valence-electron chi connectivity index (χ2n) is 10.4. The first-order chi connectivity index (χ1) is 17.9. The SMILES string of the molecule is CC#CC(=O)N1CCCCC1CC1=CNC2(C)N=C(Nc3ccc(N4CCN(C)CC4)cc3)NC(N)=C12. The molecular weight excluding hydrogens is 464 g/mol. The van der Waals surface area contributed by atoms with E-state index < -0.39 is 5.66 Å². The molecule has 2 unspecified atom stereocenters. The third kappa shape index (κ3) is 5.25. The van der Waals surface area contributed by atoms with E-state index in [1.54, 1.807) is 6.92 Å². The number of carbonyl (C=O) groups is 1. The number of piperazine rings is 1. The standard InChI is InChI=1S/C28H38N8O/c1-4-7-24(37)36-13-6-5-8-23(36)18-20-19-30-28(2)25(20)26(29)32-27(33-28)31-21-9-11-22(12-10-21)35-16-14-34(3)15-17-35/h9-12,19,23,30H,5-6,8,13-18,29H2,1-3H3,(H2,31,32,33). The fourth-order valence-electron chi connectivity index (χ4n) is 5.74. The van der Waals surface area contributed by atoms with E-state index in [9.17, 15) is 4.79 Å². The molecule has 9 heteroatoms. The van der Waals surface area contributed by atoms with Gasteiger partial charge in [0, 0.05) is 61.9 Å². The van der Waals surface area contributed by atoms with Crippen LogP contribution < -0.4 is 26.6 Å². The lowest BCUT2D eigenvalue weighted by Gasteiger charge is -2.36. The number of carbonyl (C=O) groups excluding carboxylic acids is 1. The number of aliphatic imine (C=N–C) groups is 1. The van der Waals surface area contributed by atoms with E-state index in [2.05, 4.69) is 68.9 Å². The van der Waals surface area contributed by atoms with Gasteiger partial charge in [-0.2, -0.15) is 0 Å². The van der Waals surface area contributed by atoms with Gasteiger partial charge in [0.1, 0.15) is 5.82 Å². The molecule has 5 N–H and O–H groups in total. The molecule has 0 radical (unpaired) electrons. The van der Waals surface area contributed by atoms with E-state index >= 15 is 0 Å². The molecule has 0 aromatic heterocycles. The summed E-state index contributed by atoms with van der Waals surface area (Å²) in [5, 5.41) is 10.1. The Labute approximate surface area is 219 Å². The van der Waals surface area contributed by atoms with E-state index in [0.29, 0.717) is 11.8 Å². The molecule has 37 heavy (non-hydrogen) atoms. The molecule has 5 rings (SSSR count). The number of nitrogens with zero attached hydrogens (tertiary/aromatic N) is 4. The first-order valence-electron chi connectivity index (χ1n) is 13.2. The summed E-state index contributed by atoms with van der Waals surface area (Å²) in [6.07, 6.45) is 5.82. The first-order valence-corrected chi connectivity index (χ1v) is 13.2. The van der Waals surface area contributed by atoms with Crippen molar-refractivity contribution in [3.05, 3.63) is 47.4 Å². The Morgan fingerprint density at radius 1 is 1.19 bits per heavy atom. The van der Waals surface area contributed by atoms with Crippen LogP contribution in [0.5, 0.6) is 0 Å². The lowest BCUT2D eigenvalue weighted by atomic mass is 9.89. The van der Waals surface area contributed by atoms with Crippen molar-refractivity contribution in [3.8, 4) is 11.8 Å². The highest BCUT2D eigenvalue weighted by Gasteiger charge is 2.41. The number of likely N-dealkylation sites (N-methyl/N-ethyl adjacent to an activating group) is 1. The van der Waals surface area contributed by atoms with Gasteiger partial charge in [0.25, 0.3) is 5.91 Å². The molecule has 4 heterocycles. The number of nitrogens with two attached hydrogens (primary N) is 1. The predicted octanol–water partition coefficient (Wildman–Crippen LogP) is 1.98. The van der Waals surface area contributed by atoms with Crippen molar-refractivity contribution in [2.45, 2.75) is 51.2 Å². The minimum Gasteiger partial charge on any atom is -0.385 e. The van der Waals surface area contributed by atoms with Crippen molar-refractivity contribution in [1.82, 2.24) is 20.4 Å². The number of anilines is 2. The number of fused-ring (bicyclic) bond motifs is 1. The molecule has 1 aromatic rings. The molecule has 4 aliphatic heterocycles. The molecule has 9 nitrogen and oxygen atoms in total. The average molecular weight is 503 g/mol. The third-order valence-electron chi connectivity index (χ3n) is 7.77. The van der Waals surface area contributed by atoms with Crippen LogP contribution in [0.1, 0.15) is 39.5 Å². The third-order valence-corrected chi connectivity index (χ3v) is 7.77. The van der Waals surface area contributed by atoms with Crippen LogP contribution in [0.15, 0.2) is 52.4 Å². The molecular formula is C28H38N8O. The van der Waals surface area contributed by atoms with Gasteiger partial charge in [-0.3, -0.25) is 4.79 Å². The van der Waals surface area contributed by atoms with Crippen LogP contribution in [0, 0.1) is 11.8 Å². The minimum absolute atomic E-state index is 0.0895. The molecule has 0 bridgehead atoms. The second kappa shape index (κ2) is 10.4. The Balaban J connectivity index is 1.25. The molecule has 4 aliphatic rings. The summed E-state index contributed by atoms with van der Waals surface area (Å²) in [7, 11) is 2.17. The van der Waals surface area contributed by atoms with Gasteiger partial charge in [-0.15, -0.1) is 0 Å². The maximum atomic E-state index is 12.6. The van der Waals surface area contributed by atoms with E-state index in [-0.39, 0.29) is 11.9 Å². The van der Waals surface area contributed by atoms with Crippen LogP contribution in [0.2, 0.25) is 0 Å². The Kier molecular flexibility index (Phi) is 7.02. The number of likely N-dealkylation sites (tertiary alicyclic amines) is 1. The van der Waals surface area contributed by atoms with Gasteiger partial charge in [0.2, 0.25) is 5.96 Å². The highest BCUT2D eigenvalue weighted by Crippen LogP contribution is 2.38. The number of benzene rings is 1. The van der Waals surface area contributed by atoms with Crippen LogP contribution >= 0.6 is 0 Å². The summed E-state index contributed by atoms with van der Waals surface area (Å²) in [5.41, 5.74) is 10.1. The first kappa shape index (κ1) is 25.0. The number of hydrogen-bond acceptors (Lipinski definition) is 8. The number of guanidine groups is 1. The summed E-state index contributed by atoms with van der Waals surface area (Å²) in [4.78, 5) is 24.2. The number of rotatable bonds is 4. The maximum Gasteiger partial charge on any atom is 0.298 e. The van der Waals surface area contributed by atoms with Crippen molar-refractivity contribution >= 4 is 23.2 Å². The quantitative estimate of drug-likeness (QED) is 0.467. The van der Waals surface area contributed by atoms with Crippen molar-refractivity contribution in [2.75, 3.05) is 50.0 Å². The van der Waals surface area contributed by atoms with Crippen LogP contribution in [0.4, 0.5) is 11.4 Å². The van der Waals surface area contributed by atoms with Crippen molar-refractivity contribution in [2.24, 2.45) is 10.7 Å². The predicted molar refractivity (Wildman–Crippen MR) is 149 cm³/mol. The number of piperidine rings is 1. The smallest absolute Gasteiger partial charge is 0.298 e. The summed E-state index contributed by atoms with van der Waals surface area (Å²) in [6.45, 7) is 8.74. The minimum atomic E-state index is -0.667. The van der Waals surface area contributed by atoms with Gasteiger partial charge in [-0.1, -0.05) is 5.92 Å². The lowest BCUT2D eigenvalue weighted by Crippen LogP contribution is -2.49. The zero-order chi connectivity index (χ0) is 26.0. The van der Waals surface area contributed by atoms with Crippen LogP contribution in [0.3, 0.4) is 0 Å². The molecule has 196 valence electrons. The maximum absolute atomic E-state index is 12.6. The molecule has 0 aliphatic carbocycles. The number of amides is 1. The summed E-state index contributed by atoms with van der Waals surface area (Å²) < 4.78 is 0. The zero-order valence-corrected chi connectivity index (χ0v) is 22.1. The molecule has 2 fully saturated rings. The normalized spacial score (nSPS) is 25.8. The van der Waals surface area contributed by atoms with E-state index in [4.69, 9.17) is 10.7 Å². The Hall–Kier alpha value is -3.64. The van der Waals surface area contributed by atoms with Gasteiger partial charge in [-0.05, 0) is 82.3 Å². The Morgan fingerprint density at radius 2 is 1.95 bits per heavy atom. The summed E-state index contributed by atoms with van der Waals surface area (Å²) in [6, 6.07) is 8.57. The largest absolute Gasteiger partial charge is 0.385 e. The van der Waals surface area contributed by atoms with Gasteiger partial charge in [0.15, 0.2) is 5.66 Å². The van der Waals surface area contributed by atoms with Gasteiger partial charge in [-0.25, -0.2) is 4.99 Å². The fraction of sp³-hybridized carbons (Fsp3) is 0.500. The van der Waals surface area contributed by atoms with Gasteiger partial charge >= 0.3 is 0 Å². The fourth-order valence-corrected chi connectivity index (χ4v) is 5.74. The van der Waals surface area contributed by atoms with Crippen LogP contribution in [-0.4, -0.2) is 73.1 Å². The van der Waals surface area contributed by atoms with E-state index in [0.717, 1.165) is 75.2 Å². The van der Waals surface area contributed by atoms with Crippen LogP contribution in [0.25, 0.3) is 0 Å². The molecule has 1 aromatic carbocycles. The van der Waals surface area contributed by atoms with E-state index in [1.807, 2.05) is 18.0 Å². The number of hydrogen-bond donors (Lipinski definition) is 4. The molecule has 0 spiro atoms. The van der Waals surface area contributed by atoms with Crippen molar-refractivity contribution in [3.63, 3.8) is 0 Å². The summed E-state index contributed by atoms with van der Waals surface area (Å²) >= 11 is 0. The Bertz CT molecular complexity index is 1180. The van der Waals surface area contributed by atoms with Gasteiger partial charge in [0.05, 0.1) is 0 Å². The lowest BCUT2D eigenvalue weighted by molar-refractivity contribution is -0.128. The summed E-state index contributed by atoms with van der Waals surface area (Å²) in [5.74, 6) is 6.55. The van der Waals surface area contributed by atoms with Crippen LogP contribution in [-0.2, 0) is 4.79 Å². The monoisotopic (exact) mass is 502 g/mol. The second-order valence-corrected chi connectivity index (χ2v) is 10.4. The van der Waals surface area contributed by atoms with Crippen molar-refractivity contribution in [1.29, 1.82) is 0 Å². The van der Waals surface area contributed by atoms with E-state index in [1.165, 1.54) is 5.69 Å². The van der Waals surface area contributed by atoms with Gasteiger partial charge < -0.3 is 36.4 Å². The molecule has 1 amide bonds. The zero-order valence-electron chi connectivity index (χ0n) is 22.1. The molecule has 2 saturated heterocycles. The molecule has 0 saturated carbocycles. The topological polar surface area (TPSA) is 101 Å². The number of nitrogens with one attached hydrogen (secondary N) is 3.